The number of aliphatic carboxylic acids is 1. The fraction of sp³-hybridized carbons (Fsp3) is 0.581. The van der Waals surface area contributed by atoms with E-state index in [1.807, 2.05) is 43.3 Å². The van der Waals surface area contributed by atoms with Gasteiger partial charge in [-0.05, 0) is 35.3 Å². The first-order valence-corrected chi connectivity index (χ1v) is 12.9. The van der Waals surface area contributed by atoms with Crippen LogP contribution in [0.5, 0.6) is 0 Å². The molecule has 0 aliphatic rings. The summed E-state index contributed by atoms with van der Waals surface area (Å²) in [5, 5.41) is 10.1. The second kappa shape index (κ2) is 12.2. The van der Waals surface area contributed by atoms with Crippen LogP contribution in [0.4, 0.5) is 0 Å². The smallest absolute Gasteiger partial charge is 0.306 e. The van der Waals surface area contributed by atoms with Gasteiger partial charge in [-0.1, -0.05) is 122 Å². The van der Waals surface area contributed by atoms with Gasteiger partial charge in [0.25, 0.3) is 0 Å². The summed E-state index contributed by atoms with van der Waals surface area (Å²) >= 11 is 0. The molecule has 194 valence electrons. The molecule has 3 unspecified atom stereocenters. The average molecular weight is 483 g/mol. The Hall–Kier alpha value is -2.17. The molecule has 0 aromatic heterocycles. The van der Waals surface area contributed by atoms with Crippen LogP contribution >= 0.6 is 0 Å². The van der Waals surface area contributed by atoms with E-state index >= 15 is 0 Å². The molecule has 1 N–H and O–H groups in total. The van der Waals surface area contributed by atoms with Crippen molar-refractivity contribution in [1.82, 2.24) is 0 Å². The van der Waals surface area contributed by atoms with Crippen LogP contribution in [-0.2, 0) is 14.3 Å². The standard InChI is InChI=1S/C31H46O4/c1-9-10-17-25(28(32)33)22-31(8,34-26(29(2,3)4)23-18-13-11-14-19-23)35-27(30(5,6)7)24-20-15-12-16-21-24/h11-16,18-21,25-27H,9-10,17,22H2,1-8H3,(H,32,33). The zero-order valence-electron chi connectivity index (χ0n) is 23.0. The number of carboxylic acid groups (broad SMARTS) is 1. The van der Waals surface area contributed by atoms with E-state index in [0.717, 1.165) is 24.0 Å². The van der Waals surface area contributed by atoms with Gasteiger partial charge >= 0.3 is 5.97 Å². The Kier molecular flexibility index (Phi) is 10.1. The summed E-state index contributed by atoms with van der Waals surface area (Å²) in [6.45, 7) is 16.9. The summed E-state index contributed by atoms with van der Waals surface area (Å²) in [7, 11) is 0. The molecule has 0 amide bonds. The molecule has 35 heavy (non-hydrogen) atoms. The summed E-state index contributed by atoms with van der Waals surface area (Å²) < 4.78 is 13.8. The minimum Gasteiger partial charge on any atom is -0.481 e. The van der Waals surface area contributed by atoms with Crippen LogP contribution in [0.25, 0.3) is 0 Å². The predicted molar refractivity (Wildman–Crippen MR) is 143 cm³/mol. The van der Waals surface area contributed by atoms with Crippen molar-refractivity contribution in [2.45, 2.75) is 99.1 Å². The molecule has 0 aliphatic carbocycles. The first-order chi connectivity index (χ1) is 16.3. The van der Waals surface area contributed by atoms with Crippen LogP contribution in [-0.4, -0.2) is 16.9 Å². The molecule has 4 nitrogen and oxygen atoms in total. The van der Waals surface area contributed by atoms with Crippen LogP contribution in [0.1, 0.15) is 104 Å². The van der Waals surface area contributed by atoms with E-state index in [1.54, 1.807) is 0 Å². The molecule has 3 atom stereocenters. The molecule has 2 aromatic rings. The van der Waals surface area contributed by atoms with Crippen LogP contribution in [0.2, 0.25) is 0 Å². The number of hydrogen-bond acceptors (Lipinski definition) is 3. The third-order valence-electron chi connectivity index (χ3n) is 6.38. The van der Waals surface area contributed by atoms with Gasteiger partial charge in [-0.2, -0.15) is 0 Å². The normalized spacial score (nSPS) is 16.8. The zero-order valence-corrected chi connectivity index (χ0v) is 23.0. The number of benzene rings is 2. The van der Waals surface area contributed by atoms with Crippen molar-refractivity contribution in [3.05, 3.63) is 71.8 Å². The molecule has 0 saturated heterocycles. The van der Waals surface area contributed by atoms with Crippen LogP contribution in [0, 0.1) is 16.7 Å². The Morgan fingerprint density at radius 1 is 0.771 bits per heavy atom. The fourth-order valence-electron chi connectivity index (χ4n) is 4.58. The van der Waals surface area contributed by atoms with Crippen LogP contribution < -0.4 is 0 Å². The average Bonchev–Trinajstić information content (AvgIpc) is 2.78. The van der Waals surface area contributed by atoms with E-state index in [4.69, 9.17) is 9.47 Å². The van der Waals surface area contributed by atoms with E-state index < -0.39 is 17.7 Å². The fourth-order valence-corrected chi connectivity index (χ4v) is 4.58. The summed E-state index contributed by atoms with van der Waals surface area (Å²) in [4.78, 5) is 12.3. The lowest BCUT2D eigenvalue weighted by Crippen LogP contribution is -2.43. The monoisotopic (exact) mass is 482 g/mol. The highest BCUT2D eigenvalue weighted by Crippen LogP contribution is 2.46. The number of ether oxygens (including phenoxy) is 2. The van der Waals surface area contributed by atoms with Gasteiger partial charge in [0.2, 0.25) is 0 Å². The van der Waals surface area contributed by atoms with Crippen LogP contribution in [0.15, 0.2) is 60.7 Å². The third-order valence-corrected chi connectivity index (χ3v) is 6.38. The lowest BCUT2D eigenvalue weighted by atomic mass is 9.83. The first-order valence-electron chi connectivity index (χ1n) is 12.9. The number of unbranched alkanes of at least 4 members (excludes halogenated alkanes) is 1. The second-order valence-electron chi connectivity index (χ2n) is 12.1. The summed E-state index contributed by atoms with van der Waals surface area (Å²) in [5.41, 5.74) is 1.67. The van der Waals surface area contributed by atoms with Crippen molar-refractivity contribution in [3.8, 4) is 0 Å². The highest BCUT2D eigenvalue weighted by atomic mass is 16.7. The molecule has 0 aliphatic heterocycles. The third kappa shape index (κ3) is 8.77. The summed E-state index contributed by atoms with van der Waals surface area (Å²) in [6, 6.07) is 20.3. The van der Waals surface area contributed by atoms with Gasteiger partial charge in [0.15, 0.2) is 5.79 Å². The van der Waals surface area contributed by atoms with Gasteiger partial charge in [-0.3, -0.25) is 4.79 Å². The van der Waals surface area contributed by atoms with Gasteiger partial charge in [0.1, 0.15) is 0 Å². The molecule has 4 heteroatoms. The quantitative estimate of drug-likeness (QED) is 0.308. The molecule has 0 radical (unpaired) electrons. The summed E-state index contributed by atoms with van der Waals surface area (Å²) in [6.07, 6.45) is 2.14. The predicted octanol–water partition coefficient (Wildman–Crippen LogP) is 8.59. The second-order valence-corrected chi connectivity index (χ2v) is 12.1. The molecule has 0 saturated carbocycles. The zero-order chi connectivity index (χ0) is 26.3. The van der Waals surface area contributed by atoms with Crippen molar-refractivity contribution in [2.75, 3.05) is 0 Å². The maximum Gasteiger partial charge on any atom is 0.306 e. The summed E-state index contributed by atoms with van der Waals surface area (Å²) in [5.74, 6) is -2.46. The Morgan fingerprint density at radius 3 is 1.49 bits per heavy atom. The molecular weight excluding hydrogens is 436 g/mol. The highest BCUT2D eigenvalue weighted by molar-refractivity contribution is 5.70. The number of rotatable bonds is 12. The Labute approximate surface area is 213 Å². The molecule has 2 rings (SSSR count). The minimum absolute atomic E-state index is 0.224. The van der Waals surface area contributed by atoms with Gasteiger partial charge < -0.3 is 14.6 Å². The highest BCUT2D eigenvalue weighted by Gasteiger charge is 2.43. The van der Waals surface area contributed by atoms with E-state index in [0.29, 0.717) is 6.42 Å². The van der Waals surface area contributed by atoms with E-state index in [9.17, 15) is 9.90 Å². The van der Waals surface area contributed by atoms with Gasteiger partial charge in [0.05, 0.1) is 18.1 Å². The number of carboxylic acids is 1. The Balaban J connectivity index is 2.54. The van der Waals surface area contributed by atoms with Gasteiger partial charge in [-0.15, -0.1) is 0 Å². The number of hydrogen-bond donors (Lipinski definition) is 1. The molecular formula is C31H46O4. The topological polar surface area (TPSA) is 55.8 Å². The largest absolute Gasteiger partial charge is 0.481 e. The van der Waals surface area contributed by atoms with Crippen molar-refractivity contribution in [3.63, 3.8) is 0 Å². The van der Waals surface area contributed by atoms with E-state index in [2.05, 4.69) is 72.7 Å². The molecule has 0 spiro atoms. The first kappa shape index (κ1) is 29.1. The van der Waals surface area contributed by atoms with Gasteiger partial charge in [0, 0.05) is 6.42 Å². The van der Waals surface area contributed by atoms with Crippen molar-refractivity contribution in [2.24, 2.45) is 16.7 Å². The van der Waals surface area contributed by atoms with E-state index in [-0.39, 0.29) is 29.5 Å². The maximum absolute atomic E-state index is 12.3. The van der Waals surface area contributed by atoms with Crippen LogP contribution in [0.3, 0.4) is 0 Å². The minimum atomic E-state index is -1.11. The van der Waals surface area contributed by atoms with Crippen molar-refractivity contribution in [1.29, 1.82) is 0 Å². The Bertz CT molecular complexity index is 834. The Morgan fingerprint density at radius 2 is 1.17 bits per heavy atom. The molecule has 0 bridgehead atoms. The lowest BCUT2D eigenvalue weighted by Gasteiger charge is -2.44. The maximum atomic E-state index is 12.3. The van der Waals surface area contributed by atoms with E-state index in [1.165, 1.54) is 0 Å². The van der Waals surface area contributed by atoms with Crippen molar-refractivity contribution < 1.29 is 19.4 Å². The molecule has 2 aromatic carbocycles. The lowest BCUT2D eigenvalue weighted by molar-refractivity contribution is -0.305. The SMILES string of the molecule is CCCCC(CC(C)(OC(c1ccccc1)C(C)(C)C)OC(c1ccccc1)C(C)(C)C)C(=O)O. The van der Waals surface area contributed by atoms with Crippen molar-refractivity contribution >= 4 is 5.97 Å². The molecule has 0 fully saturated rings. The molecule has 0 heterocycles. The number of carbonyl (C=O) groups is 1. The van der Waals surface area contributed by atoms with Gasteiger partial charge in [-0.25, -0.2) is 0 Å².